The molecule has 1 atom stereocenters. The van der Waals surface area contributed by atoms with Gasteiger partial charge in [0.1, 0.15) is 0 Å². The van der Waals surface area contributed by atoms with Crippen LogP contribution in [0.1, 0.15) is 38.2 Å². The Morgan fingerprint density at radius 1 is 1.41 bits per heavy atom. The number of carbonyl (C=O) groups excluding carboxylic acids is 1. The van der Waals surface area contributed by atoms with Crippen molar-refractivity contribution in [2.75, 3.05) is 19.7 Å². The Balaban J connectivity index is 1.56. The van der Waals surface area contributed by atoms with Crippen LogP contribution in [0.5, 0.6) is 0 Å². The third-order valence-electron chi connectivity index (χ3n) is 4.86. The van der Waals surface area contributed by atoms with E-state index in [4.69, 9.17) is 4.74 Å². The summed E-state index contributed by atoms with van der Waals surface area (Å²) in [7, 11) is 0. The second-order valence-corrected chi connectivity index (χ2v) is 6.87. The first-order valence-corrected chi connectivity index (χ1v) is 8.01. The van der Waals surface area contributed by atoms with Crippen LogP contribution in [0.4, 0.5) is 0 Å². The number of aromatic nitrogens is 1. The van der Waals surface area contributed by atoms with E-state index in [1.54, 1.807) is 12.4 Å². The molecule has 0 aliphatic carbocycles. The summed E-state index contributed by atoms with van der Waals surface area (Å²) in [5.74, 6) is 0.144. The van der Waals surface area contributed by atoms with Crippen LogP contribution < -0.4 is 0 Å². The zero-order valence-corrected chi connectivity index (χ0v) is 13.1. The summed E-state index contributed by atoms with van der Waals surface area (Å²) in [6, 6.07) is 3.78. The summed E-state index contributed by atoms with van der Waals surface area (Å²) in [5.41, 5.74) is 0.0668. The minimum absolute atomic E-state index is 0.144. The molecule has 0 aromatic carbocycles. The Hall–Kier alpha value is -1.46. The number of nitrogens with zero attached hydrogens (tertiary/aromatic N) is 2. The molecule has 0 radical (unpaired) electrons. The van der Waals surface area contributed by atoms with Gasteiger partial charge in [0.2, 0.25) is 5.91 Å². The van der Waals surface area contributed by atoms with Gasteiger partial charge in [-0.15, -0.1) is 0 Å². The molecule has 2 saturated heterocycles. The van der Waals surface area contributed by atoms with Crippen LogP contribution in [0.15, 0.2) is 24.5 Å². The molecule has 1 unspecified atom stereocenters. The smallest absolute Gasteiger partial charge is 0.227 e. The average Bonchev–Trinajstić information content (AvgIpc) is 2.47. The number of amides is 1. The molecule has 0 saturated carbocycles. The van der Waals surface area contributed by atoms with Crippen LogP contribution in [0.3, 0.4) is 0 Å². The van der Waals surface area contributed by atoms with Crippen molar-refractivity contribution in [2.45, 2.75) is 50.2 Å². The maximum atomic E-state index is 12.4. The number of rotatable bonds is 2. The second-order valence-electron chi connectivity index (χ2n) is 6.87. The molecule has 5 nitrogen and oxygen atoms in total. The predicted molar refractivity (Wildman–Crippen MR) is 82.3 cm³/mol. The number of carbonyl (C=O) groups is 1. The molecule has 2 fully saturated rings. The average molecular weight is 304 g/mol. The third-order valence-corrected chi connectivity index (χ3v) is 4.86. The van der Waals surface area contributed by atoms with Gasteiger partial charge < -0.3 is 14.7 Å². The van der Waals surface area contributed by atoms with Crippen molar-refractivity contribution in [3.05, 3.63) is 30.1 Å². The Morgan fingerprint density at radius 2 is 2.18 bits per heavy atom. The first-order chi connectivity index (χ1) is 10.5. The molecular formula is C17H24N2O3. The summed E-state index contributed by atoms with van der Waals surface area (Å²) in [6.07, 6.45) is 6.84. The van der Waals surface area contributed by atoms with Gasteiger partial charge in [-0.3, -0.25) is 9.78 Å². The Bertz CT molecular complexity index is 522. The molecule has 22 heavy (non-hydrogen) atoms. The van der Waals surface area contributed by atoms with E-state index in [0.717, 1.165) is 18.4 Å². The van der Waals surface area contributed by atoms with E-state index in [9.17, 15) is 9.90 Å². The standard InChI is InChI=1S/C17H24N2O3/c1-16(21)6-10-22-17(13-16)4-8-19(9-5-17)15(20)11-14-3-2-7-18-12-14/h2-3,7,12,21H,4-6,8-11,13H2,1H3. The highest BCUT2D eigenvalue weighted by Gasteiger charge is 2.44. The summed E-state index contributed by atoms with van der Waals surface area (Å²) < 4.78 is 5.98. The van der Waals surface area contributed by atoms with Crippen LogP contribution in [0, 0.1) is 0 Å². The van der Waals surface area contributed by atoms with Crippen LogP contribution >= 0.6 is 0 Å². The monoisotopic (exact) mass is 304 g/mol. The lowest BCUT2D eigenvalue weighted by Crippen LogP contribution is -2.54. The van der Waals surface area contributed by atoms with E-state index in [1.165, 1.54) is 0 Å². The fourth-order valence-corrected chi connectivity index (χ4v) is 3.59. The maximum Gasteiger partial charge on any atom is 0.227 e. The fraction of sp³-hybridized carbons (Fsp3) is 0.647. The number of hydrogen-bond donors (Lipinski definition) is 1. The normalized spacial score (nSPS) is 27.8. The van der Waals surface area contributed by atoms with E-state index in [1.807, 2.05) is 24.0 Å². The summed E-state index contributed by atoms with van der Waals surface area (Å²) in [6.45, 7) is 3.90. The van der Waals surface area contributed by atoms with Gasteiger partial charge in [-0.1, -0.05) is 6.07 Å². The third kappa shape index (κ3) is 3.47. The van der Waals surface area contributed by atoms with Gasteiger partial charge in [-0.05, 0) is 37.8 Å². The molecule has 3 heterocycles. The largest absolute Gasteiger partial charge is 0.390 e. The lowest BCUT2D eigenvalue weighted by Gasteiger charge is -2.48. The highest BCUT2D eigenvalue weighted by Crippen LogP contribution is 2.39. The number of aliphatic hydroxyl groups is 1. The summed E-state index contributed by atoms with van der Waals surface area (Å²) in [4.78, 5) is 18.3. The highest BCUT2D eigenvalue weighted by molar-refractivity contribution is 5.78. The molecule has 1 amide bonds. The van der Waals surface area contributed by atoms with E-state index < -0.39 is 5.60 Å². The summed E-state index contributed by atoms with van der Waals surface area (Å²) >= 11 is 0. The molecule has 0 bridgehead atoms. The number of ether oxygens (including phenoxy) is 1. The van der Waals surface area contributed by atoms with Gasteiger partial charge in [-0.2, -0.15) is 0 Å². The second kappa shape index (κ2) is 5.97. The predicted octanol–water partition coefficient (Wildman–Crippen LogP) is 1.55. The minimum Gasteiger partial charge on any atom is -0.390 e. The topological polar surface area (TPSA) is 62.7 Å². The molecule has 2 aliphatic heterocycles. The van der Waals surface area contributed by atoms with Crippen molar-refractivity contribution in [1.29, 1.82) is 0 Å². The number of likely N-dealkylation sites (tertiary alicyclic amines) is 1. The van der Waals surface area contributed by atoms with Crippen LogP contribution in [0.25, 0.3) is 0 Å². The van der Waals surface area contributed by atoms with Crippen molar-refractivity contribution in [2.24, 2.45) is 0 Å². The first-order valence-electron chi connectivity index (χ1n) is 8.01. The molecule has 2 aliphatic rings. The van der Waals surface area contributed by atoms with E-state index in [0.29, 0.717) is 39.0 Å². The molecule has 1 N–H and O–H groups in total. The van der Waals surface area contributed by atoms with Crippen LogP contribution in [0.2, 0.25) is 0 Å². The molecule has 120 valence electrons. The Kier molecular flexibility index (Phi) is 4.19. The summed E-state index contributed by atoms with van der Waals surface area (Å²) in [5, 5.41) is 10.3. The molecule has 1 spiro atoms. The van der Waals surface area contributed by atoms with Gasteiger partial charge in [-0.25, -0.2) is 0 Å². The van der Waals surface area contributed by atoms with Gasteiger partial charge in [0.25, 0.3) is 0 Å². The molecule has 5 heteroatoms. The fourth-order valence-electron chi connectivity index (χ4n) is 3.59. The van der Waals surface area contributed by atoms with Gasteiger partial charge in [0.15, 0.2) is 0 Å². The molecule has 1 aromatic heterocycles. The lowest BCUT2D eigenvalue weighted by molar-refractivity contribution is -0.175. The highest BCUT2D eigenvalue weighted by atomic mass is 16.5. The van der Waals surface area contributed by atoms with E-state index >= 15 is 0 Å². The number of piperidine rings is 1. The van der Waals surface area contributed by atoms with Crippen molar-refractivity contribution < 1.29 is 14.6 Å². The number of pyridine rings is 1. The van der Waals surface area contributed by atoms with Gasteiger partial charge in [0.05, 0.1) is 24.2 Å². The Labute approximate surface area is 131 Å². The van der Waals surface area contributed by atoms with E-state index in [-0.39, 0.29) is 11.5 Å². The van der Waals surface area contributed by atoms with Crippen molar-refractivity contribution in [3.63, 3.8) is 0 Å². The van der Waals surface area contributed by atoms with Crippen LogP contribution in [-0.2, 0) is 16.0 Å². The van der Waals surface area contributed by atoms with Crippen molar-refractivity contribution in [1.82, 2.24) is 9.88 Å². The quantitative estimate of drug-likeness (QED) is 0.900. The van der Waals surface area contributed by atoms with E-state index in [2.05, 4.69) is 4.98 Å². The maximum absolute atomic E-state index is 12.4. The Morgan fingerprint density at radius 3 is 2.82 bits per heavy atom. The first kappa shape index (κ1) is 15.4. The molecule has 3 rings (SSSR count). The zero-order chi connectivity index (χ0) is 15.6. The minimum atomic E-state index is -0.639. The van der Waals surface area contributed by atoms with Gasteiger partial charge in [0, 0.05) is 31.9 Å². The van der Waals surface area contributed by atoms with Crippen molar-refractivity contribution >= 4 is 5.91 Å². The molecular weight excluding hydrogens is 280 g/mol. The zero-order valence-electron chi connectivity index (χ0n) is 13.1. The molecule has 1 aromatic rings. The van der Waals surface area contributed by atoms with Crippen molar-refractivity contribution in [3.8, 4) is 0 Å². The van der Waals surface area contributed by atoms with Gasteiger partial charge >= 0.3 is 0 Å². The SMILES string of the molecule is CC1(O)CCOC2(CCN(C(=O)Cc3cccnc3)CC2)C1. The van der Waals surface area contributed by atoms with Crippen LogP contribution in [-0.4, -0.2) is 51.8 Å². The number of hydrogen-bond acceptors (Lipinski definition) is 4. The lowest BCUT2D eigenvalue weighted by atomic mass is 9.78.